The molecule has 0 bridgehead atoms. The van der Waals surface area contributed by atoms with Gasteiger partial charge in [0.2, 0.25) is 0 Å². The van der Waals surface area contributed by atoms with Crippen LogP contribution in [0.4, 0.5) is 5.82 Å². The third kappa shape index (κ3) is 2.38. The van der Waals surface area contributed by atoms with Gasteiger partial charge in [-0.2, -0.15) is 10.4 Å². The molecule has 0 unspecified atom stereocenters. The summed E-state index contributed by atoms with van der Waals surface area (Å²) in [5.74, 6) is 0.141. The molecule has 0 saturated heterocycles. The monoisotopic (exact) mass is 240 g/mol. The van der Waals surface area contributed by atoms with Crippen LogP contribution < -0.4 is 5.32 Å². The van der Waals surface area contributed by atoms with E-state index in [2.05, 4.69) is 10.4 Å². The lowest BCUT2D eigenvalue weighted by Gasteiger charge is -2.02. The first kappa shape index (κ1) is 11.9. The normalized spacial score (nSPS) is 9.83. The highest BCUT2D eigenvalue weighted by Crippen LogP contribution is 2.10. The lowest BCUT2D eigenvalue weighted by Crippen LogP contribution is -2.12. The first-order valence-corrected chi connectivity index (χ1v) is 5.42. The van der Waals surface area contributed by atoms with Crippen molar-refractivity contribution in [3.63, 3.8) is 0 Å². The third-order valence-electron chi connectivity index (χ3n) is 2.52. The minimum Gasteiger partial charge on any atom is -0.305 e. The second-order valence-electron chi connectivity index (χ2n) is 3.97. The number of nitriles is 1. The number of benzene rings is 1. The summed E-state index contributed by atoms with van der Waals surface area (Å²) in [6.07, 6.45) is 0. The maximum absolute atomic E-state index is 11.9. The SMILES string of the molecule is Cc1cccc(C(=O)Nc2cc(C#N)n(C)n2)c1. The molecule has 0 radical (unpaired) electrons. The van der Waals surface area contributed by atoms with Crippen molar-refractivity contribution in [2.75, 3.05) is 5.32 Å². The zero-order valence-electron chi connectivity index (χ0n) is 10.1. The van der Waals surface area contributed by atoms with E-state index in [0.717, 1.165) is 5.56 Å². The van der Waals surface area contributed by atoms with Gasteiger partial charge in [0.25, 0.3) is 5.91 Å². The fraction of sp³-hybridized carbons (Fsp3) is 0.154. The molecule has 0 spiro atoms. The summed E-state index contributed by atoms with van der Waals surface area (Å²) < 4.78 is 1.42. The number of aryl methyl sites for hydroxylation is 2. The van der Waals surface area contributed by atoms with Crippen molar-refractivity contribution >= 4 is 11.7 Å². The van der Waals surface area contributed by atoms with Crippen LogP contribution in [0.5, 0.6) is 0 Å². The van der Waals surface area contributed by atoms with Crippen molar-refractivity contribution < 1.29 is 4.79 Å². The zero-order chi connectivity index (χ0) is 13.1. The van der Waals surface area contributed by atoms with Crippen LogP contribution in [0.1, 0.15) is 21.6 Å². The highest BCUT2D eigenvalue weighted by atomic mass is 16.1. The van der Waals surface area contributed by atoms with Crippen LogP contribution in [-0.4, -0.2) is 15.7 Å². The topological polar surface area (TPSA) is 70.7 Å². The van der Waals surface area contributed by atoms with Gasteiger partial charge in [0.05, 0.1) is 0 Å². The smallest absolute Gasteiger partial charge is 0.256 e. The quantitative estimate of drug-likeness (QED) is 0.870. The Balaban J connectivity index is 2.19. The summed E-state index contributed by atoms with van der Waals surface area (Å²) in [4.78, 5) is 11.9. The Kier molecular flexibility index (Phi) is 3.11. The lowest BCUT2D eigenvalue weighted by atomic mass is 10.1. The average molecular weight is 240 g/mol. The number of nitrogens with one attached hydrogen (secondary N) is 1. The van der Waals surface area contributed by atoms with Crippen molar-refractivity contribution in [1.29, 1.82) is 5.26 Å². The number of anilines is 1. The van der Waals surface area contributed by atoms with Crippen LogP contribution in [-0.2, 0) is 7.05 Å². The van der Waals surface area contributed by atoms with Gasteiger partial charge in [-0.15, -0.1) is 0 Å². The summed E-state index contributed by atoms with van der Waals surface area (Å²) in [6, 6.07) is 10.8. The number of hydrogen-bond acceptors (Lipinski definition) is 3. The molecule has 1 aromatic heterocycles. The third-order valence-corrected chi connectivity index (χ3v) is 2.52. The minimum absolute atomic E-state index is 0.235. The number of carbonyl (C=O) groups is 1. The highest BCUT2D eigenvalue weighted by molar-refractivity contribution is 6.03. The molecular formula is C13H12N4O. The number of aromatic nitrogens is 2. The van der Waals surface area contributed by atoms with E-state index in [0.29, 0.717) is 17.1 Å². The van der Waals surface area contributed by atoms with Crippen LogP contribution in [0.2, 0.25) is 0 Å². The molecule has 1 N–H and O–H groups in total. The molecule has 1 amide bonds. The van der Waals surface area contributed by atoms with Gasteiger partial charge < -0.3 is 5.32 Å². The molecule has 0 saturated carbocycles. The van der Waals surface area contributed by atoms with Crippen molar-refractivity contribution in [1.82, 2.24) is 9.78 Å². The molecule has 5 nitrogen and oxygen atoms in total. The fourth-order valence-corrected chi connectivity index (χ4v) is 1.61. The summed E-state index contributed by atoms with van der Waals surface area (Å²) in [6.45, 7) is 1.92. The molecule has 18 heavy (non-hydrogen) atoms. The number of amides is 1. The van der Waals surface area contributed by atoms with Crippen molar-refractivity contribution in [2.24, 2.45) is 7.05 Å². The Morgan fingerprint density at radius 2 is 2.22 bits per heavy atom. The predicted molar refractivity (Wildman–Crippen MR) is 67.1 cm³/mol. The van der Waals surface area contributed by atoms with E-state index < -0.39 is 0 Å². The molecular weight excluding hydrogens is 228 g/mol. The van der Waals surface area contributed by atoms with E-state index in [1.807, 2.05) is 25.1 Å². The number of carbonyl (C=O) groups excluding carboxylic acids is 1. The molecule has 5 heteroatoms. The van der Waals surface area contributed by atoms with Crippen molar-refractivity contribution in [3.05, 3.63) is 47.2 Å². The molecule has 2 aromatic rings. The minimum atomic E-state index is -0.235. The molecule has 1 heterocycles. The first-order valence-electron chi connectivity index (χ1n) is 5.42. The van der Waals surface area contributed by atoms with Gasteiger partial charge in [-0.1, -0.05) is 17.7 Å². The molecule has 0 aliphatic carbocycles. The first-order chi connectivity index (χ1) is 8.60. The summed E-state index contributed by atoms with van der Waals surface area (Å²) in [5.41, 5.74) is 1.98. The maximum atomic E-state index is 11.9. The standard InChI is InChI=1S/C13H12N4O/c1-9-4-3-5-10(6-9)13(18)15-12-7-11(8-14)17(2)16-12/h3-7H,1-2H3,(H,15,16,18). The van der Waals surface area contributed by atoms with Crippen LogP contribution in [0.15, 0.2) is 30.3 Å². The highest BCUT2D eigenvalue weighted by Gasteiger charge is 2.09. The van der Waals surface area contributed by atoms with Crippen LogP contribution >= 0.6 is 0 Å². The van der Waals surface area contributed by atoms with E-state index in [1.165, 1.54) is 10.7 Å². The average Bonchev–Trinajstić information content (AvgIpc) is 2.69. The molecule has 2 rings (SSSR count). The second kappa shape index (κ2) is 4.72. The Hall–Kier alpha value is -2.61. The summed E-state index contributed by atoms with van der Waals surface area (Å²) in [5, 5.41) is 15.5. The fourth-order valence-electron chi connectivity index (χ4n) is 1.61. The summed E-state index contributed by atoms with van der Waals surface area (Å²) >= 11 is 0. The van der Waals surface area contributed by atoms with Crippen LogP contribution in [0, 0.1) is 18.3 Å². The largest absolute Gasteiger partial charge is 0.305 e. The van der Waals surface area contributed by atoms with E-state index in [-0.39, 0.29) is 5.91 Å². The number of nitrogens with zero attached hydrogens (tertiary/aromatic N) is 3. The number of rotatable bonds is 2. The van der Waals surface area contributed by atoms with Crippen LogP contribution in [0.3, 0.4) is 0 Å². The second-order valence-corrected chi connectivity index (χ2v) is 3.97. The van der Waals surface area contributed by atoms with E-state index in [9.17, 15) is 4.79 Å². The van der Waals surface area contributed by atoms with Gasteiger partial charge >= 0.3 is 0 Å². The Morgan fingerprint density at radius 3 is 2.83 bits per heavy atom. The maximum Gasteiger partial charge on any atom is 0.256 e. The van der Waals surface area contributed by atoms with Gasteiger partial charge in [-0.3, -0.25) is 9.48 Å². The predicted octanol–water partition coefficient (Wildman–Crippen LogP) is 1.85. The van der Waals surface area contributed by atoms with Crippen LogP contribution in [0.25, 0.3) is 0 Å². The molecule has 0 atom stereocenters. The molecule has 0 aliphatic heterocycles. The lowest BCUT2D eigenvalue weighted by molar-refractivity contribution is 0.102. The molecule has 0 fully saturated rings. The molecule has 90 valence electrons. The Morgan fingerprint density at radius 1 is 1.44 bits per heavy atom. The molecule has 1 aromatic carbocycles. The van der Waals surface area contributed by atoms with Crippen molar-refractivity contribution in [2.45, 2.75) is 6.92 Å². The van der Waals surface area contributed by atoms with E-state index in [4.69, 9.17) is 5.26 Å². The van der Waals surface area contributed by atoms with Crippen molar-refractivity contribution in [3.8, 4) is 6.07 Å². The summed E-state index contributed by atoms with van der Waals surface area (Å²) in [7, 11) is 1.65. The van der Waals surface area contributed by atoms with E-state index >= 15 is 0 Å². The number of hydrogen-bond donors (Lipinski definition) is 1. The Bertz CT molecular complexity index is 637. The zero-order valence-corrected chi connectivity index (χ0v) is 10.1. The van der Waals surface area contributed by atoms with E-state index in [1.54, 1.807) is 19.2 Å². The van der Waals surface area contributed by atoms with Gasteiger partial charge in [0.1, 0.15) is 11.8 Å². The molecule has 0 aliphatic rings. The van der Waals surface area contributed by atoms with Gasteiger partial charge in [-0.25, -0.2) is 0 Å². The Labute approximate surface area is 105 Å². The van der Waals surface area contributed by atoms with Gasteiger partial charge in [0.15, 0.2) is 5.82 Å². The van der Waals surface area contributed by atoms with Gasteiger partial charge in [0, 0.05) is 18.7 Å². The van der Waals surface area contributed by atoms with Gasteiger partial charge in [-0.05, 0) is 19.1 Å².